The summed E-state index contributed by atoms with van der Waals surface area (Å²) in [7, 11) is 0. The number of carbonyl (C=O) groups excluding carboxylic acids is 1. The predicted octanol–water partition coefficient (Wildman–Crippen LogP) is 7.66. The van der Waals surface area contributed by atoms with Crippen molar-refractivity contribution >= 4 is 28.4 Å². The molecule has 1 fully saturated rings. The molecule has 4 aromatic carbocycles. The van der Waals surface area contributed by atoms with Gasteiger partial charge < -0.3 is 18.9 Å². The number of benzene rings is 4. The summed E-state index contributed by atoms with van der Waals surface area (Å²) in [6.45, 7) is 2.88. The number of amides is 1. The molecule has 0 radical (unpaired) electrons. The van der Waals surface area contributed by atoms with Crippen LogP contribution in [0.3, 0.4) is 0 Å². The van der Waals surface area contributed by atoms with Crippen LogP contribution in [0.1, 0.15) is 29.0 Å². The monoisotopic (exact) mass is 568 g/mol. The van der Waals surface area contributed by atoms with E-state index >= 15 is 0 Å². The van der Waals surface area contributed by atoms with Crippen molar-refractivity contribution in [3.63, 3.8) is 0 Å². The van der Waals surface area contributed by atoms with Crippen molar-refractivity contribution in [2.24, 2.45) is 0 Å². The zero-order chi connectivity index (χ0) is 28.2. The number of hydrogen-bond donors (Lipinski definition) is 0. The van der Waals surface area contributed by atoms with Gasteiger partial charge >= 0.3 is 0 Å². The van der Waals surface area contributed by atoms with Crippen molar-refractivity contribution in [3.8, 4) is 11.5 Å². The topological polar surface area (TPSA) is 43.7 Å². The fourth-order valence-electron chi connectivity index (χ4n) is 5.43. The van der Waals surface area contributed by atoms with Gasteiger partial charge in [-0.15, -0.1) is 0 Å². The van der Waals surface area contributed by atoms with Crippen LogP contribution in [0, 0.1) is 5.82 Å². The summed E-state index contributed by atoms with van der Waals surface area (Å²) in [5.74, 6) is 0.998. The van der Waals surface area contributed by atoms with Crippen LogP contribution in [0.25, 0.3) is 10.9 Å². The molecule has 41 heavy (non-hydrogen) atoms. The Morgan fingerprint density at radius 1 is 0.902 bits per heavy atom. The Bertz CT molecular complexity index is 1640. The number of nitrogens with zero attached hydrogens (tertiary/aromatic N) is 2. The van der Waals surface area contributed by atoms with E-state index in [1.54, 1.807) is 24.3 Å². The minimum absolute atomic E-state index is 0.0951. The van der Waals surface area contributed by atoms with Crippen LogP contribution >= 0.6 is 11.6 Å². The van der Waals surface area contributed by atoms with Gasteiger partial charge in [-0.05, 0) is 71.3 Å². The molecule has 1 saturated heterocycles. The van der Waals surface area contributed by atoms with E-state index in [9.17, 15) is 9.18 Å². The maximum Gasteiger partial charge on any atom is 0.223 e. The van der Waals surface area contributed by atoms with Crippen LogP contribution < -0.4 is 4.74 Å². The average Bonchev–Trinajstić information content (AvgIpc) is 3.36. The lowest BCUT2D eigenvalue weighted by Crippen LogP contribution is -2.41. The van der Waals surface area contributed by atoms with E-state index in [2.05, 4.69) is 29.0 Å². The van der Waals surface area contributed by atoms with Crippen LogP contribution in [-0.2, 0) is 16.1 Å². The highest BCUT2D eigenvalue weighted by Crippen LogP contribution is 2.37. The molecule has 1 atom stereocenters. The number of morpholine rings is 1. The van der Waals surface area contributed by atoms with Crippen molar-refractivity contribution in [2.75, 3.05) is 26.3 Å². The van der Waals surface area contributed by atoms with Gasteiger partial charge in [0.2, 0.25) is 5.91 Å². The first-order valence-electron chi connectivity index (χ1n) is 13.7. The summed E-state index contributed by atoms with van der Waals surface area (Å²) in [4.78, 5) is 15.5. The Balaban J connectivity index is 1.39. The van der Waals surface area contributed by atoms with E-state index in [4.69, 9.17) is 21.1 Å². The number of halogens is 2. The third kappa shape index (κ3) is 6.29. The standard InChI is InChI=1S/C34H30ClFN2O3/c35-26-10-14-28(15-11-26)41-29-5-3-4-25(20-29)31(21-34(39)37-16-18-40-19-17-37)32-23-38(33-7-2-1-6-30(32)33)22-24-8-12-27(36)13-9-24/h1-15,20,23,31H,16-19,21-22H2. The Labute approximate surface area is 243 Å². The second kappa shape index (κ2) is 12.2. The molecule has 1 aliphatic heterocycles. The van der Waals surface area contributed by atoms with Gasteiger partial charge in [-0.25, -0.2) is 4.39 Å². The van der Waals surface area contributed by atoms with E-state index in [1.807, 2.05) is 47.4 Å². The van der Waals surface area contributed by atoms with Crippen molar-refractivity contribution in [1.29, 1.82) is 0 Å². The van der Waals surface area contributed by atoms with E-state index in [0.717, 1.165) is 27.6 Å². The molecule has 0 aliphatic carbocycles. The molecule has 2 heterocycles. The highest BCUT2D eigenvalue weighted by molar-refractivity contribution is 6.30. The molecule has 208 valence electrons. The van der Waals surface area contributed by atoms with Gasteiger partial charge in [0.1, 0.15) is 17.3 Å². The van der Waals surface area contributed by atoms with Crippen LogP contribution in [0.5, 0.6) is 11.5 Å². The summed E-state index contributed by atoms with van der Waals surface area (Å²) in [6, 6.07) is 30.0. The van der Waals surface area contributed by atoms with Gasteiger partial charge in [-0.3, -0.25) is 4.79 Å². The van der Waals surface area contributed by atoms with Crippen molar-refractivity contribution in [1.82, 2.24) is 9.47 Å². The van der Waals surface area contributed by atoms with Crippen LogP contribution in [0.4, 0.5) is 4.39 Å². The fourth-order valence-corrected chi connectivity index (χ4v) is 5.55. The second-order valence-electron chi connectivity index (χ2n) is 10.2. The van der Waals surface area contributed by atoms with Crippen molar-refractivity contribution < 1.29 is 18.7 Å². The lowest BCUT2D eigenvalue weighted by atomic mass is 9.87. The third-order valence-electron chi connectivity index (χ3n) is 7.51. The van der Waals surface area contributed by atoms with Gasteiger partial charge in [-0.2, -0.15) is 0 Å². The van der Waals surface area contributed by atoms with Crippen LogP contribution in [0.15, 0.2) is 103 Å². The number of fused-ring (bicyclic) bond motifs is 1. The summed E-state index contributed by atoms with van der Waals surface area (Å²) in [5, 5.41) is 1.73. The minimum atomic E-state index is -0.255. The number of aromatic nitrogens is 1. The van der Waals surface area contributed by atoms with Gasteiger partial charge in [0.25, 0.3) is 0 Å². The highest BCUT2D eigenvalue weighted by Gasteiger charge is 2.26. The zero-order valence-corrected chi connectivity index (χ0v) is 23.3. The zero-order valence-electron chi connectivity index (χ0n) is 22.5. The molecule has 0 N–H and O–H groups in total. The number of carbonyl (C=O) groups is 1. The number of para-hydroxylation sites is 1. The average molecular weight is 569 g/mol. The third-order valence-corrected chi connectivity index (χ3v) is 7.77. The summed E-state index contributed by atoms with van der Waals surface area (Å²) < 4.78 is 27.4. The van der Waals surface area contributed by atoms with Gasteiger partial charge in [0.05, 0.1) is 13.2 Å². The molecule has 1 aromatic heterocycles. The van der Waals surface area contributed by atoms with Crippen LogP contribution in [0.2, 0.25) is 5.02 Å². The Morgan fingerprint density at radius 3 is 2.44 bits per heavy atom. The number of rotatable bonds is 8. The number of ether oxygens (including phenoxy) is 2. The molecular weight excluding hydrogens is 539 g/mol. The molecule has 0 spiro atoms. The van der Waals surface area contributed by atoms with Crippen LogP contribution in [-0.4, -0.2) is 41.7 Å². The Hall–Kier alpha value is -4.13. The first-order chi connectivity index (χ1) is 20.0. The first-order valence-corrected chi connectivity index (χ1v) is 14.1. The molecule has 1 aliphatic rings. The van der Waals surface area contributed by atoms with Gasteiger partial charge in [0, 0.05) is 54.1 Å². The Morgan fingerprint density at radius 2 is 1.66 bits per heavy atom. The highest BCUT2D eigenvalue weighted by atomic mass is 35.5. The summed E-state index contributed by atoms with van der Waals surface area (Å²) in [5.41, 5.74) is 4.11. The normalized spacial score (nSPS) is 14.2. The van der Waals surface area contributed by atoms with Crippen molar-refractivity contribution in [2.45, 2.75) is 18.9 Å². The minimum Gasteiger partial charge on any atom is -0.457 e. The van der Waals surface area contributed by atoms with Gasteiger partial charge in [-0.1, -0.05) is 54.1 Å². The lowest BCUT2D eigenvalue weighted by molar-refractivity contribution is -0.135. The van der Waals surface area contributed by atoms with E-state index in [0.29, 0.717) is 55.8 Å². The number of hydrogen-bond acceptors (Lipinski definition) is 3. The summed E-state index contributed by atoms with van der Waals surface area (Å²) >= 11 is 6.05. The molecule has 5 nitrogen and oxygen atoms in total. The largest absolute Gasteiger partial charge is 0.457 e. The molecule has 0 saturated carbocycles. The van der Waals surface area contributed by atoms with E-state index < -0.39 is 0 Å². The smallest absolute Gasteiger partial charge is 0.223 e. The quantitative estimate of drug-likeness (QED) is 0.193. The lowest BCUT2D eigenvalue weighted by Gasteiger charge is -2.29. The molecule has 6 rings (SSSR count). The second-order valence-corrected chi connectivity index (χ2v) is 10.7. The summed E-state index contributed by atoms with van der Waals surface area (Å²) in [6.07, 6.45) is 2.45. The van der Waals surface area contributed by atoms with E-state index in [1.165, 1.54) is 12.1 Å². The van der Waals surface area contributed by atoms with Gasteiger partial charge in [0.15, 0.2) is 0 Å². The first kappa shape index (κ1) is 27.1. The molecule has 0 bridgehead atoms. The SMILES string of the molecule is O=C(CC(c1cccc(Oc2ccc(Cl)cc2)c1)c1cn(Cc2ccc(F)cc2)c2ccccc12)N1CCOCC1. The molecule has 5 aromatic rings. The maximum atomic E-state index is 13.6. The van der Waals surface area contributed by atoms with Crippen molar-refractivity contribution in [3.05, 3.63) is 131 Å². The maximum absolute atomic E-state index is 13.6. The van der Waals surface area contributed by atoms with E-state index in [-0.39, 0.29) is 17.6 Å². The predicted molar refractivity (Wildman–Crippen MR) is 159 cm³/mol. The Kier molecular flexibility index (Phi) is 8.03. The molecule has 1 amide bonds. The molecular formula is C34H30ClFN2O3. The molecule has 7 heteroatoms. The molecule has 1 unspecified atom stereocenters. The fraction of sp³-hybridized carbons (Fsp3) is 0.206.